The van der Waals surface area contributed by atoms with E-state index in [1.807, 2.05) is 0 Å². The van der Waals surface area contributed by atoms with Crippen LogP contribution in [-0.2, 0) is 0 Å². The molecule has 0 bridgehead atoms. The predicted octanol–water partition coefficient (Wildman–Crippen LogP) is 2.99. The quantitative estimate of drug-likeness (QED) is 0.439. The van der Waals surface area contributed by atoms with Gasteiger partial charge in [-0.25, -0.2) is 9.37 Å². The third-order valence-electron chi connectivity index (χ3n) is 2.95. The van der Waals surface area contributed by atoms with E-state index in [1.165, 1.54) is 30.8 Å². The van der Waals surface area contributed by atoms with Crippen molar-refractivity contribution in [2.24, 2.45) is 0 Å². The average Bonchev–Trinajstić information content (AvgIpc) is 3.20. The van der Waals surface area contributed by atoms with Gasteiger partial charge in [0.25, 0.3) is 0 Å². The van der Waals surface area contributed by atoms with E-state index in [0.717, 1.165) is 6.08 Å². The fourth-order valence-corrected chi connectivity index (χ4v) is 1.85. The normalized spacial score (nSPS) is 11.6. The van der Waals surface area contributed by atoms with Crippen molar-refractivity contribution in [1.29, 1.82) is 0 Å². The predicted molar refractivity (Wildman–Crippen MR) is 75.4 cm³/mol. The van der Waals surface area contributed by atoms with Crippen molar-refractivity contribution in [3.05, 3.63) is 66.4 Å². The van der Waals surface area contributed by atoms with Crippen molar-refractivity contribution in [3.8, 4) is 11.1 Å². The third-order valence-corrected chi connectivity index (χ3v) is 2.95. The number of carbonyl (C=O) groups excluding carboxylic acids is 1. The molecular weight excluding hydrogens is 289 g/mol. The number of hydrogen-bond donors (Lipinski definition) is 2. The number of benzene rings is 1. The standard InChI is InChI=1S/C15H10FN3O3/c16-11-3-1-9(2-4-11)10-5-14(22-7-10)12(20)6-13(21)15-17-8-18-19-15/h1-8,21H,(H,17,18,19). The number of nitrogens with one attached hydrogen (secondary N) is 1. The summed E-state index contributed by atoms with van der Waals surface area (Å²) in [7, 11) is 0. The zero-order valence-electron chi connectivity index (χ0n) is 11.2. The van der Waals surface area contributed by atoms with E-state index >= 15 is 0 Å². The van der Waals surface area contributed by atoms with E-state index in [9.17, 15) is 14.3 Å². The molecule has 22 heavy (non-hydrogen) atoms. The fraction of sp³-hybridized carbons (Fsp3) is 0. The SMILES string of the molecule is O=C(C=C(O)c1ncn[nH]1)c1cc(-c2ccc(F)cc2)co1. The van der Waals surface area contributed by atoms with E-state index in [-0.39, 0.29) is 23.2 Å². The van der Waals surface area contributed by atoms with Gasteiger partial charge < -0.3 is 9.52 Å². The number of rotatable bonds is 4. The number of halogens is 1. The van der Waals surface area contributed by atoms with Crippen molar-refractivity contribution >= 4 is 11.5 Å². The lowest BCUT2D eigenvalue weighted by Crippen LogP contribution is -1.95. The van der Waals surface area contributed by atoms with E-state index in [0.29, 0.717) is 11.1 Å². The molecule has 110 valence electrons. The van der Waals surface area contributed by atoms with Crippen molar-refractivity contribution in [2.75, 3.05) is 0 Å². The molecule has 1 aromatic carbocycles. The molecule has 2 heterocycles. The van der Waals surface area contributed by atoms with Gasteiger partial charge in [0.05, 0.1) is 6.26 Å². The van der Waals surface area contributed by atoms with Gasteiger partial charge in [-0.3, -0.25) is 9.89 Å². The summed E-state index contributed by atoms with van der Waals surface area (Å²) >= 11 is 0. The number of aromatic nitrogens is 3. The number of H-pyrrole nitrogens is 1. The minimum absolute atomic E-state index is 0.0467. The maximum atomic E-state index is 12.9. The number of aromatic amines is 1. The summed E-state index contributed by atoms with van der Waals surface area (Å²) in [5.41, 5.74) is 1.35. The van der Waals surface area contributed by atoms with Crippen LogP contribution < -0.4 is 0 Å². The third kappa shape index (κ3) is 2.78. The molecule has 0 aliphatic rings. The Labute approximate surface area is 123 Å². The molecule has 0 saturated carbocycles. The summed E-state index contributed by atoms with van der Waals surface area (Å²) in [6, 6.07) is 7.31. The molecule has 3 rings (SSSR count). The van der Waals surface area contributed by atoms with Crippen LogP contribution in [0.25, 0.3) is 16.9 Å². The molecule has 2 N–H and O–H groups in total. The Bertz CT molecular complexity index is 820. The Morgan fingerprint density at radius 1 is 1.27 bits per heavy atom. The van der Waals surface area contributed by atoms with Gasteiger partial charge in [0.2, 0.25) is 5.78 Å². The second kappa shape index (κ2) is 5.65. The minimum atomic E-state index is -0.526. The molecule has 0 saturated heterocycles. The second-order valence-corrected chi connectivity index (χ2v) is 4.43. The van der Waals surface area contributed by atoms with Crippen molar-refractivity contribution < 1.29 is 18.7 Å². The minimum Gasteiger partial charge on any atom is -0.504 e. The summed E-state index contributed by atoms with van der Waals surface area (Å²) in [4.78, 5) is 15.7. The summed E-state index contributed by atoms with van der Waals surface area (Å²) < 4.78 is 18.1. The van der Waals surface area contributed by atoms with Crippen LogP contribution in [0.5, 0.6) is 0 Å². The number of nitrogens with zero attached hydrogens (tertiary/aromatic N) is 2. The Morgan fingerprint density at radius 2 is 2.05 bits per heavy atom. The lowest BCUT2D eigenvalue weighted by molar-refractivity contribution is 0.102. The Kier molecular flexibility index (Phi) is 3.53. The first-order chi connectivity index (χ1) is 10.6. The Balaban J connectivity index is 1.83. The second-order valence-electron chi connectivity index (χ2n) is 4.43. The molecule has 0 unspecified atom stereocenters. The molecule has 2 aromatic heterocycles. The molecule has 0 aliphatic heterocycles. The van der Waals surface area contributed by atoms with E-state index in [2.05, 4.69) is 15.2 Å². The first-order valence-electron chi connectivity index (χ1n) is 6.28. The molecule has 0 radical (unpaired) electrons. The first kappa shape index (κ1) is 13.7. The molecule has 0 spiro atoms. The summed E-state index contributed by atoms with van der Waals surface area (Å²) in [6.07, 6.45) is 3.58. The molecule has 0 atom stereocenters. The highest BCUT2D eigenvalue weighted by molar-refractivity contribution is 6.06. The Hall–Kier alpha value is -3.22. The number of furan rings is 1. The van der Waals surface area contributed by atoms with Gasteiger partial charge in [-0.2, -0.15) is 5.10 Å². The summed E-state index contributed by atoms with van der Waals surface area (Å²) in [5.74, 6) is -1.09. The highest BCUT2D eigenvalue weighted by Crippen LogP contribution is 2.23. The van der Waals surface area contributed by atoms with E-state index in [1.54, 1.807) is 12.1 Å². The smallest absolute Gasteiger partial charge is 0.224 e. The zero-order chi connectivity index (χ0) is 15.5. The van der Waals surface area contributed by atoms with Crippen LogP contribution in [0.3, 0.4) is 0 Å². The molecule has 3 aromatic rings. The average molecular weight is 299 g/mol. The number of carbonyl (C=O) groups is 1. The lowest BCUT2D eigenvalue weighted by Gasteiger charge is -1.95. The number of hydrogen-bond acceptors (Lipinski definition) is 5. The fourth-order valence-electron chi connectivity index (χ4n) is 1.85. The number of allylic oxidation sites excluding steroid dienone is 1. The van der Waals surface area contributed by atoms with Gasteiger partial charge >= 0.3 is 0 Å². The summed E-state index contributed by atoms with van der Waals surface area (Å²) in [5, 5.41) is 15.7. The number of ketones is 1. The van der Waals surface area contributed by atoms with Gasteiger partial charge in [0.15, 0.2) is 17.3 Å². The van der Waals surface area contributed by atoms with Crippen LogP contribution in [0.15, 0.2) is 53.4 Å². The van der Waals surface area contributed by atoms with Crippen LogP contribution >= 0.6 is 0 Å². The lowest BCUT2D eigenvalue weighted by atomic mass is 10.1. The molecule has 0 fully saturated rings. The first-order valence-corrected chi connectivity index (χ1v) is 6.28. The molecule has 7 heteroatoms. The van der Waals surface area contributed by atoms with Crippen LogP contribution in [-0.4, -0.2) is 26.1 Å². The van der Waals surface area contributed by atoms with E-state index in [4.69, 9.17) is 4.42 Å². The van der Waals surface area contributed by atoms with Gasteiger partial charge in [-0.05, 0) is 23.8 Å². The highest BCUT2D eigenvalue weighted by atomic mass is 19.1. The maximum Gasteiger partial charge on any atom is 0.224 e. The maximum absolute atomic E-state index is 12.9. The molecule has 0 amide bonds. The topological polar surface area (TPSA) is 92.0 Å². The van der Waals surface area contributed by atoms with Crippen LogP contribution in [0.2, 0.25) is 0 Å². The monoisotopic (exact) mass is 299 g/mol. The van der Waals surface area contributed by atoms with Crippen molar-refractivity contribution in [1.82, 2.24) is 15.2 Å². The van der Waals surface area contributed by atoms with Crippen molar-refractivity contribution in [3.63, 3.8) is 0 Å². The number of aliphatic hydroxyl groups excluding tert-OH is 1. The zero-order valence-corrected chi connectivity index (χ0v) is 11.2. The van der Waals surface area contributed by atoms with Crippen molar-refractivity contribution in [2.45, 2.75) is 0 Å². The molecule has 0 aliphatic carbocycles. The highest BCUT2D eigenvalue weighted by Gasteiger charge is 2.13. The van der Waals surface area contributed by atoms with Crippen LogP contribution in [0.1, 0.15) is 16.4 Å². The van der Waals surface area contributed by atoms with E-state index < -0.39 is 5.78 Å². The van der Waals surface area contributed by atoms with Gasteiger partial charge in [0, 0.05) is 11.6 Å². The van der Waals surface area contributed by atoms with Gasteiger partial charge in [-0.15, -0.1) is 0 Å². The number of aliphatic hydroxyl groups is 1. The van der Waals surface area contributed by atoms with Gasteiger partial charge in [-0.1, -0.05) is 12.1 Å². The van der Waals surface area contributed by atoms with Gasteiger partial charge in [0.1, 0.15) is 12.1 Å². The summed E-state index contributed by atoms with van der Waals surface area (Å²) in [6.45, 7) is 0. The molecular formula is C15H10FN3O3. The van der Waals surface area contributed by atoms with Crippen LogP contribution in [0, 0.1) is 5.82 Å². The van der Waals surface area contributed by atoms with Crippen LogP contribution in [0.4, 0.5) is 4.39 Å². The Morgan fingerprint density at radius 3 is 2.73 bits per heavy atom. The largest absolute Gasteiger partial charge is 0.504 e. The molecule has 6 nitrogen and oxygen atoms in total.